The standard InChI is InChI=1S/C16H21N3O2/c1-11-6-4-5-9-19(11)10-13-12-7-2-3-8-14(12)21-15(13)16(20)18-17/h2-3,7-8,11H,4-6,9-10,17H2,1H3,(H,18,20). The fraction of sp³-hybridized carbons (Fsp3) is 0.438. The van der Waals surface area contributed by atoms with Crippen molar-refractivity contribution in [1.82, 2.24) is 10.3 Å². The fourth-order valence-electron chi connectivity index (χ4n) is 3.10. The SMILES string of the molecule is CC1CCCCN1Cc1c(C(=O)NN)oc2ccccc12. The first-order valence-corrected chi connectivity index (χ1v) is 7.46. The molecule has 5 heteroatoms. The maximum absolute atomic E-state index is 12.0. The first-order chi connectivity index (χ1) is 10.2. The van der Waals surface area contributed by atoms with Crippen LogP contribution in [0.1, 0.15) is 42.3 Å². The second kappa shape index (κ2) is 5.87. The average molecular weight is 287 g/mol. The number of carbonyl (C=O) groups excluding carboxylic acids is 1. The number of furan rings is 1. The Morgan fingerprint density at radius 1 is 1.43 bits per heavy atom. The third kappa shape index (κ3) is 2.66. The highest BCUT2D eigenvalue weighted by atomic mass is 16.3. The van der Waals surface area contributed by atoms with Crippen molar-refractivity contribution in [2.75, 3.05) is 6.54 Å². The molecule has 0 aliphatic carbocycles. The number of fused-ring (bicyclic) bond motifs is 1. The molecule has 1 saturated heterocycles. The molecule has 1 fully saturated rings. The van der Waals surface area contributed by atoms with Crippen molar-refractivity contribution in [3.05, 3.63) is 35.6 Å². The first-order valence-electron chi connectivity index (χ1n) is 7.46. The Kier molecular flexibility index (Phi) is 3.94. The third-order valence-electron chi connectivity index (χ3n) is 4.34. The van der Waals surface area contributed by atoms with Crippen LogP contribution in [0.25, 0.3) is 11.0 Å². The molecular weight excluding hydrogens is 266 g/mol. The van der Waals surface area contributed by atoms with Crippen molar-refractivity contribution in [2.24, 2.45) is 5.84 Å². The van der Waals surface area contributed by atoms with Crippen LogP contribution in [0.5, 0.6) is 0 Å². The molecule has 5 nitrogen and oxygen atoms in total. The molecule has 1 amide bonds. The maximum atomic E-state index is 12.0. The van der Waals surface area contributed by atoms with Crippen LogP contribution in [0.3, 0.4) is 0 Å². The van der Waals surface area contributed by atoms with Crippen molar-refractivity contribution in [3.8, 4) is 0 Å². The van der Waals surface area contributed by atoms with Gasteiger partial charge in [-0.15, -0.1) is 0 Å². The summed E-state index contributed by atoms with van der Waals surface area (Å²) in [5, 5.41) is 0.994. The number of benzene rings is 1. The molecule has 112 valence electrons. The number of nitrogen functional groups attached to an aromatic ring is 1. The molecule has 1 aliphatic rings. The van der Waals surface area contributed by atoms with Crippen molar-refractivity contribution in [2.45, 2.75) is 38.8 Å². The van der Waals surface area contributed by atoms with E-state index in [2.05, 4.69) is 17.2 Å². The maximum Gasteiger partial charge on any atom is 0.301 e. The summed E-state index contributed by atoms with van der Waals surface area (Å²) in [6.45, 7) is 4.02. The first kappa shape index (κ1) is 14.1. The number of hydrazine groups is 1. The summed E-state index contributed by atoms with van der Waals surface area (Å²) in [6.07, 6.45) is 3.69. The van der Waals surface area contributed by atoms with Gasteiger partial charge >= 0.3 is 5.91 Å². The van der Waals surface area contributed by atoms with E-state index < -0.39 is 0 Å². The van der Waals surface area contributed by atoms with Gasteiger partial charge in [0.15, 0.2) is 5.76 Å². The molecule has 0 saturated carbocycles. The molecule has 21 heavy (non-hydrogen) atoms. The van der Waals surface area contributed by atoms with E-state index in [0.717, 1.165) is 29.6 Å². The van der Waals surface area contributed by atoms with Gasteiger partial charge in [0.25, 0.3) is 0 Å². The zero-order chi connectivity index (χ0) is 14.8. The number of rotatable bonds is 3. The molecule has 2 aromatic rings. The van der Waals surface area contributed by atoms with Crippen LogP contribution in [-0.4, -0.2) is 23.4 Å². The number of likely N-dealkylation sites (tertiary alicyclic amines) is 1. The van der Waals surface area contributed by atoms with Crippen molar-refractivity contribution >= 4 is 16.9 Å². The normalized spacial score (nSPS) is 19.8. The fourth-order valence-corrected chi connectivity index (χ4v) is 3.10. The largest absolute Gasteiger partial charge is 0.451 e. The predicted molar refractivity (Wildman–Crippen MR) is 81.6 cm³/mol. The number of hydrogen-bond donors (Lipinski definition) is 2. The predicted octanol–water partition coefficient (Wildman–Crippen LogP) is 2.41. The molecule has 1 atom stereocenters. The van der Waals surface area contributed by atoms with Gasteiger partial charge in [-0.3, -0.25) is 15.1 Å². The minimum absolute atomic E-state index is 0.330. The van der Waals surface area contributed by atoms with Crippen LogP contribution in [0, 0.1) is 0 Å². The molecule has 1 aromatic heterocycles. The Morgan fingerprint density at radius 3 is 3.00 bits per heavy atom. The Morgan fingerprint density at radius 2 is 2.24 bits per heavy atom. The van der Waals surface area contributed by atoms with E-state index in [9.17, 15) is 4.79 Å². The molecular formula is C16H21N3O2. The molecule has 1 aliphatic heterocycles. The summed E-state index contributed by atoms with van der Waals surface area (Å²) in [5.41, 5.74) is 3.84. The van der Waals surface area contributed by atoms with Crippen LogP contribution in [0.2, 0.25) is 0 Å². The third-order valence-corrected chi connectivity index (χ3v) is 4.34. The lowest BCUT2D eigenvalue weighted by molar-refractivity contribution is 0.0922. The molecule has 1 unspecified atom stereocenters. The van der Waals surface area contributed by atoms with E-state index >= 15 is 0 Å². The van der Waals surface area contributed by atoms with Gasteiger partial charge in [0.05, 0.1) is 0 Å². The van der Waals surface area contributed by atoms with E-state index in [0.29, 0.717) is 11.8 Å². The summed E-state index contributed by atoms with van der Waals surface area (Å²) in [5.74, 6) is 5.24. The number of para-hydroxylation sites is 1. The zero-order valence-electron chi connectivity index (χ0n) is 12.3. The molecule has 0 spiro atoms. The summed E-state index contributed by atoms with van der Waals surface area (Å²) in [7, 11) is 0. The van der Waals surface area contributed by atoms with E-state index in [1.165, 1.54) is 19.3 Å². The average Bonchev–Trinajstić information content (AvgIpc) is 2.88. The highest BCUT2D eigenvalue weighted by Crippen LogP contribution is 2.29. The van der Waals surface area contributed by atoms with Crippen LogP contribution in [0.4, 0.5) is 0 Å². The van der Waals surface area contributed by atoms with Gasteiger partial charge in [-0.05, 0) is 32.4 Å². The van der Waals surface area contributed by atoms with Gasteiger partial charge in [0.1, 0.15) is 5.58 Å². The van der Waals surface area contributed by atoms with Gasteiger partial charge in [0, 0.05) is 23.5 Å². The van der Waals surface area contributed by atoms with Gasteiger partial charge < -0.3 is 4.42 Å². The Labute approximate surface area is 124 Å². The smallest absolute Gasteiger partial charge is 0.301 e. The summed E-state index contributed by atoms with van der Waals surface area (Å²) in [4.78, 5) is 14.4. The Bertz CT molecular complexity index is 650. The molecule has 1 aromatic carbocycles. The topological polar surface area (TPSA) is 71.5 Å². The molecule has 3 N–H and O–H groups in total. The van der Waals surface area contributed by atoms with Gasteiger partial charge in [-0.1, -0.05) is 24.6 Å². The monoisotopic (exact) mass is 287 g/mol. The van der Waals surface area contributed by atoms with E-state index in [4.69, 9.17) is 10.3 Å². The lowest BCUT2D eigenvalue weighted by Crippen LogP contribution is -2.37. The molecule has 3 rings (SSSR count). The Hall–Kier alpha value is -1.85. The second-order valence-corrected chi connectivity index (χ2v) is 5.69. The van der Waals surface area contributed by atoms with Crippen LogP contribution in [0.15, 0.2) is 28.7 Å². The minimum atomic E-state index is -0.370. The minimum Gasteiger partial charge on any atom is -0.451 e. The highest BCUT2D eigenvalue weighted by Gasteiger charge is 2.25. The van der Waals surface area contributed by atoms with Crippen molar-refractivity contribution in [1.29, 1.82) is 0 Å². The van der Waals surface area contributed by atoms with Gasteiger partial charge in [-0.25, -0.2) is 5.84 Å². The van der Waals surface area contributed by atoms with E-state index in [-0.39, 0.29) is 5.91 Å². The van der Waals surface area contributed by atoms with Crippen molar-refractivity contribution in [3.63, 3.8) is 0 Å². The van der Waals surface area contributed by atoms with E-state index in [1.54, 1.807) is 0 Å². The zero-order valence-corrected chi connectivity index (χ0v) is 12.3. The number of amides is 1. The number of piperidine rings is 1. The number of nitrogens with zero attached hydrogens (tertiary/aromatic N) is 1. The molecule has 0 bridgehead atoms. The van der Waals surface area contributed by atoms with Crippen LogP contribution in [-0.2, 0) is 6.54 Å². The van der Waals surface area contributed by atoms with Crippen molar-refractivity contribution < 1.29 is 9.21 Å². The highest BCUT2D eigenvalue weighted by molar-refractivity contribution is 5.98. The quantitative estimate of drug-likeness (QED) is 0.516. The van der Waals surface area contributed by atoms with E-state index in [1.807, 2.05) is 24.3 Å². The number of carbonyl (C=O) groups is 1. The summed E-state index contributed by atoms with van der Waals surface area (Å²) in [6, 6.07) is 8.28. The summed E-state index contributed by atoms with van der Waals surface area (Å²) >= 11 is 0. The summed E-state index contributed by atoms with van der Waals surface area (Å²) < 4.78 is 5.71. The lowest BCUT2D eigenvalue weighted by Gasteiger charge is -2.33. The molecule has 0 radical (unpaired) electrons. The van der Waals surface area contributed by atoms with Crippen LogP contribution < -0.4 is 11.3 Å². The van der Waals surface area contributed by atoms with Gasteiger partial charge in [0.2, 0.25) is 0 Å². The van der Waals surface area contributed by atoms with Gasteiger partial charge in [-0.2, -0.15) is 0 Å². The number of hydrogen-bond acceptors (Lipinski definition) is 4. The number of nitrogens with one attached hydrogen (secondary N) is 1. The second-order valence-electron chi connectivity index (χ2n) is 5.69. The number of nitrogens with two attached hydrogens (primary N) is 1. The molecule has 2 heterocycles. The van der Waals surface area contributed by atoms with Crippen LogP contribution >= 0.6 is 0 Å². The Balaban J connectivity index is 2.00. The lowest BCUT2D eigenvalue weighted by atomic mass is 10.0.